The molecule has 1 saturated heterocycles. The molecule has 0 aromatic heterocycles. The van der Waals surface area contributed by atoms with Crippen molar-refractivity contribution in [2.45, 2.75) is 32.8 Å². The van der Waals surface area contributed by atoms with E-state index in [1.807, 2.05) is 57.2 Å². The summed E-state index contributed by atoms with van der Waals surface area (Å²) < 4.78 is 17.0. The van der Waals surface area contributed by atoms with Gasteiger partial charge in [-0.3, -0.25) is 0 Å². The number of rotatable bonds is 6. The third-order valence-electron chi connectivity index (χ3n) is 4.26. The van der Waals surface area contributed by atoms with Crippen LogP contribution in [0.25, 0.3) is 0 Å². The summed E-state index contributed by atoms with van der Waals surface area (Å²) in [6.07, 6.45) is 0.651. The molecular formula is C22H26ClNO4. The summed E-state index contributed by atoms with van der Waals surface area (Å²) in [7, 11) is 0. The van der Waals surface area contributed by atoms with Crippen molar-refractivity contribution in [1.29, 1.82) is 0 Å². The summed E-state index contributed by atoms with van der Waals surface area (Å²) in [5.74, 6) is 2.63. The molecule has 0 unspecified atom stereocenters. The van der Waals surface area contributed by atoms with Crippen molar-refractivity contribution in [3.63, 3.8) is 0 Å². The zero-order valence-corrected chi connectivity index (χ0v) is 17.2. The van der Waals surface area contributed by atoms with Gasteiger partial charge in [0.25, 0.3) is 0 Å². The van der Waals surface area contributed by atoms with Gasteiger partial charge in [0.05, 0.1) is 6.61 Å². The molecule has 0 saturated carbocycles. The van der Waals surface area contributed by atoms with E-state index in [-0.39, 0.29) is 6.09 Å². The number of carbonyl (C=O) groups excluding carboxylic acids is 1. The SMILES string of the molecule is CC(C)(C)OC(=O)N1CC(CCOc2cccc(Oc3ccc(Cl)cc3)c2)C1. The van der Waals surface area contributed by atoms with Crippen molar-refractivity contribution in [3.05, 3.63) is 53.6 Å². The fraction of sp³-hybridized carbons (Fsp3) is 0.409. The molecule has 0 atom stereocenters. The van der Waals surface area contributed by atoms with Crippen LogP contribution in [-0.4, -0.2) is 36.3 Å². The van der Waals surface area contributed by atoms with Crippen LogP contribution in [0.5, 0.6) is 17.2 Å². The predicted octanol–water partition coefficient (Wildman–Crippen LogP) is 5.77. The van der Waals surface area contributed by atoms with E-state index in [0.29, 0.717) is 23.3 Å². The van der Waals surface area contributed by atoms with Gasteiger partial charge in [0, 0.05) is 24.2 Å². The van der Waals surface area contributed by atoms with Crippen LogP contribution in [0, 0.1) is 5.92 Å². The lowest BCUT2D eigenvalue weighted by Crippen LogP contribution is -2.51. The van der Waals surface area contributed by atoms with Crippen LogP contribution in [0.1, 0.15) is 27.2 Å². The maximum atomic E-state index is 11.9. The Hall–Kier alpha value is -2.40. The standard InChI is InChI=1S/C22H26ClNO4/c1-22(2,3)28-21(25)24-14-16(15-24)11-12-26-19-5-4-6-20(13-19)27-18-9-7-17(23)8-10-18/h4-10,13,16H,11-12,14-15H2,1-3H3. The van der Waals surface area contributed by atoms with Crippen molar-refractivity contribution < 1.29 is 19.0 Å². The van der Waals surface area contributed by atoms with E-state index in [2.05, 4.69) is 0 Å². The minimum absolute atomic E-state index is 0.239. The molecule has 28 heavy (non-hydrogen) atoms. The van der Waals surface area contributed by atoms with Gasteiger partial charge in [-0.15, -0.1) is 0 Å². The first kappa shape index (κ1) is 20.3. The topological polar surface area (TPSA) is 48.0 Å². The highest BCUT2D eigenvalue weighted by Crippen LogP contribution is 2.27. The number of ether oxygens (including phenoxy) is 3. The predicted molar refractivity (Wildman–Crippen MR) is 109 cm³/mol. The van der Waals surface area contributed by atoms with Crippen LogP contribution >= 0.6 is 11.6 Å². The van der Waals surface area contributed by atoms with E-state index >= 15 is 0 Å². The Kier molecular flexibility index (Phi) is 6.35. The Morgan fingerprint density at radius 1 is 1.07 bits per heavy atom. The lowest BCUT2D eigenvalue weighted by atomic mass is 9.97. The average molecular weight is 404 g/mol. The van der Waals surface area contributed by atoms with Crippen LogP contribution in [0.2, 0.25) is 5.02 Å². The molecule has 6 heteroatoms. The van der Waals surface area contributed by atoms with E-state index in [1.54, 1.807) is 17.0 Å². The number of nitrogens with zero attached hydrogens (tertiary/aromatic N) is 1. The zero-order chi connectivity index (χ0) is 20.1. The Labute approximate surface area is 171 Å². The van der Waals surface area contributed by atoms with Crippen LogP contribution in [0.4, 0.5) is 4.79 Å². The van der Waals surface area contributed by atoms with E-state index in [1.165, 1.54) is 0 Å². The van der Waals surface area contributed by atoms with Crippen molar-refractivity contribution >= 4 is 17.7 Å². The molecule has 5 nitrogen and oxygen atoms in total. The van der Waals surface area contributed by atoms with Crippen molar-refractivity contribution in [2.24, 2.45) is 5.92 Å². The molecule has 0 aliphatic carbocycles. The molecule has 2 aromatic rings. The Morgan fingerprint density at radius 2 is 1.75 bits per heavy atom. The average Bonchev–Trinajstić information content (AvgIpc) is 2.57. The Bertz CT molecular complexity index is 795. The summed E-state index contributed by atoms with van der Waals surface area (Å²) in [6, 6.07) is 14.8. The summed E-state index contributed by atoms with van der Waals surface area (Å²) in [4.78, 5) is 13.7. The lowest BCUT2D eigenvalue weighted by Gasteiger charge is -2.39. The highest BCUT2D eigenvalue weighted by molar-refractivity contribution is 6.30. The smallest absolute Gasteiger partial charge is 0.410 e. The molecule has 1 fully saturated rings. The van der Waals surface area contributed by atoms with E-state index in [9.17, 15) is 4.79 Å². The molecule has 3 rings (SSSR count). The van der Waals surface area contributed by atoms with Gasteiger partial charge in [0.15, 0.2) is 0 Å². The zero-order valence-electron chi connectivity index (χ0n) is 16.5. The quantitative estimate of drug-likeness (QED) is 0.614. The largest absolute Gasteiger partial charge is 0.493 e. The molecule has 0 spiro atoms. The molecule has 1 heterocycles. The van der Waals surface area contributed by atoms with E-state index in [0.717, 1.165) is 31.0 Å². The monoisotopic (exact) mass is 403 g/mol. The van der Waals surface area contributed by atoms with Crippen LogP contribution in [0.15, 0.2) is 48.5 Å². The number of likely N-dealkylation sites (tertiary alicyclic amines) is 1. The Morgan fingerprint density at radius 3 is 2.43 bits per heavy atom. The number of hydrogen-bond donors (Lipinski definition) is 0. The number of halogens is 1. The lowest BCUT2D eigenvalue weighted by molar-refractivity contribution is -0.00383. The third kappa shape index (κ3) is 6.06. The van der Waals surface area contributed by atoms with Crippen molar-refractivity contribution in [3.8, 4) is 17.2 Å². The molecule has 150 valence electrons. The summed E-state index contributed by atoms with van der Waals surface area (Å²) in [6.45, 7) is 7.66. The van der Waals surface area contributed by atoms with Crippen molar-refractivity contribution in [2.75, 3.05) is 19.7 Å². The van der Waals surface area contributed by atoms with Gasteiger partial charge in [0.2, 0.25) is 0 Å². The number of amides is 1. The fourth-order valence-corrected chi connectivity index (χ4v) is 2.96. The number of hydrogen-bond acceptors (Lipinski definition) is 4. The van der Waals surface area contributed by atoms with Gasteiger partial charge in [0.1, 0.15) is 22.8 Å². The molecule has 2 aromatic carbocycles. The first-order chi connectivity index (χ1) is 13.3. The van der Waals surface area contributed by atoms with Gasteiger partial charge in [-0.1, -0.05) is 17.7 Å². The molecule has 0 N–H and O–H groups in total. The third-order valence-corrected chi connectivity index (χ3v) is 4.51. The maximum absolute atomic E-state index is 11.9. The minimum Gasteiger partial charge on any atom is -0.493 e. The number of carbonyl (C=O) groups is 1. The highest BCUT2D eigenvalue weighted by Gasteiger charge is 2.33. The van der Waals surface area contributed by atoms with Gasteiger partial charge < -0.3 is 19.1 Å². The second kappa shape index (κ2) is 8.74. The second-order valence-electron chi connectivity index (χ2n) is 7.92. The van der Waals surface area contributed by atoms with E-state index < -0.39 is 5.60 Å². The van der Waals surface area contributed by atoms with Gasteiger partial charge in [-0.05, 0) is 69.5 Å². The molecule has 0 radical (unpaired) electrons. The summed E-state index contributed by atoms with van der Waals surface area (Å²) >= 11 is 5.89. The molecular weight excluding hydrogens is 378 g/mol. The van der Waals surface area contributed by atoms with Crippen LogP contribution in [0.3, 0.4) is 0 Å². The number of benzene rings is 2. The molecule has 1 aliphatic rings. The summed E-state index contributed by atoms with van der Waals surface area (Å²) in [5.41, 5.74) is -0.454. The molecule has 1 aliphatic heterocycles. The minimum atomic E-state index is -0.454. The molecule has 0 bridgehead atoms. The fourth-order valence-electron chi connectivity index (χ4n) is 2.84. The van der Waals surface area contributed by atoms with Crippen LogP contribution < -0.4 is 9.47 Å². The van der Waals surface area contributed by atoms with Gasteiger partial charge in [-0.2, -0.15) is 0 Å². The highest BCUT2D eigenvalue weighted by atomic mass is 35.5. The van der Waals surface area contributed by atoms with Crippen molar-refractivity contribution in [1.82, 2.24) is 4.90 Å². The van der Waals surface area contributed by atoms with Crippen LogP contribution in [-0.2, 0) is 4.74 Å². The maximum Gasteiger partial charge on any atom is 0.410 e. The summed E-state index contributed by atoms with van der Waals surface area (Å²) in [5, 5.41) is 0.672. The molecule has 1 amide bonds. The van der Waals surface area contributed by atoms with Gasteiger partial charge in [-0.25, -0.2) is 4.79 Å². The first-order valence-electron chi connectivity index (χ1n) is 9.43. The first-order valence-corrected chi connectivity index (χ1v) is 9.80. The normalized spacial score (nSPS) is 14.4. The second-order valence-corrected chi connectivity index (χ2v) is 8.36. The van der Waals surface area contributed by atoms with E-state index in [4.69, 9.17) is 25.8 Å². The van der Waals surface area contributed by atoms with Gasteiger partial charge >= 0.3 is 6.09 Å². The Balaban J connectivity index is 1.40.